The lowest BCUT2D eigenvalue weighted by molar-refractivity contribution is 0.235. The summed E-state index contributed by atoms with van der Waals surface area (Å²) in [5, 5.41) is 5.72. The van der Waals surface area contributed by atoms with Gasteiger partial charge in [0.05, 0.1) is 6.04 Å². The molecule has 0 bridgehead atoms. The smallest absolute Gasteiger partial charge is 0.315 e. The van der Waals surface area contributed by atoms with Crippen molar-refractivity contribution in [2.45, 2.75) is 25.9 Å². The average molecular weight is 344 g/mol. The molecular formula is C19H24N2O2S. The summed E-state index contributed by atoms with van der Waals surface area (Å²) in [6, 6.07) is 17.9. The molecule has 0 aromatic heterocycles. The van der Waals surface area contributed by atoms with E-state index in [1.54, 1.807) is 6.26 Å². The summed E-state index contributed by atoms with van der Waals surface area (Å²) < 4.78 is 11.2. The summed E-state index contributed by atoms with van der Waals surface area (Å²) >= 11 is 0. The standard InChI is InChI=1S/C19H24N2O2S/c1-14(13-24(3)23)20-19(22)21-15(2)16-9-11-18(12-10-16)17-7-5-4-6-8-17/h4-12,14-15H,13H2,1-3H3,(H2,20,21,22)/t14-,15+,24-/m1/s1. The number of nitrogens with one attached hydrogen (secondary N) is 2. The van der Waals surface area contributed by atoms with E-state index in [1.165, 1.54) is 5.56 Å². The lowest BCUT2D eigenvalue weighted by Crippen LogP contribution is -2.43. The molecule has 0 aliphatic rings. The van der Waals surface area contributed by atoms with Gasteiger partial charge in [-0.2, -0.15) is 0 Å². The van der Waals surface area contributed by atoms with E-state index >= 15 is 0 Å². The van der Waals surface area contributed by atoms with Gasteiger partial charge in [0.25, 0.3) is 0 Å². The maximum Gasteiger partial charge on any atom is 0.315 e. The summed E-state index contributed by atoms with van der Waals surface area (Å²) in [7, 11) is -0.924. The van der Waals surface area contributed by atoms with Gasteiger partial charge in [-0.15, -0.1) is 0 Å². The lowest BCUT2D eigenvalue weighted by Gasteiger charge is -2.18. The second-order valence-corrected chi connectivity index (χ2v) is 7.45. The maximum atomic E-state index is 12.0. The molecule has 0 saturated heterocycles. The SMILES string of the molecule is C[C@H](C[S@@](C)=O)NC(=O)N[C@@H](C)c1ccc(-c2ccccc2)cc1. The minimum absolute atomic E-state index is 0.103. The average Bonchev–Trinajstić information content (AvgIpc) is 2.54. The Hall–Kier alpha value is -2.14. The predicted octanol–water partition coefficient (Wildman–Crippen LogP) is 3.48. The first-order valence-corrected chi connectivity index (χ1v) is 9.71. The monoisotopic (exact) mass is 344 g/mol. The Kier molecular flexibility index (Phi) is 6.55. The molecule has 0 saturated carbocycles. The predicted molar refractivity (Wildman–Crippen MR) is 100 cm³/mol. The molecule has 2 amide bonds. The maximum absolute atomic E-state index is 12.0. The molecule has 5 heteroatoms. The van der Waals surface area contributed by atoms with Crippen LogP contribution in [0.1, 0.15) is 25.5 Å². The third-order valence-corrected chi connectivity index (χ3v) is 4.70. The van der Waals surface area contributed by atoms with E-state index < -0.39 is 10.8 Å². The second-order valence-electron chi connectivity index (χ2n) is 5.97. The third-order valence-electron chi connectivity index (χ3n) is 3.73. The highest BCUT2D eigenvalue weighted by molar-refractivity contribution is 7.84. The Morgan fingerprint density at radius 1 is 0.958 bits per heavy atom. The molecule has 0 fully saturated rings. The fourth-order valence-corrected chi connectivity index (χ4v) is 3.32. The Balaban J connectivity index is 1.94. The molecule has 2 N–H and O–H groups in total. The third kappa shape index (κ3) is 5.49. The normalized spacial score (nSPS) is 14.5. The van der Waals surface area contributed by atoms with Crippen LogP contribution in [0.5, 0.6) is 0 Å². The molecule has 2 aromatic rings. The van der Waals surface area contributed by atoms with Gasteiger partial charge in [0, 0.05) is 28.9 Å². The van der Waals surface area contributed by atoms with Crippen LogP contribution in [0.4, 0.5) is 4.79 Å². The number of urea groups is 1. The first-order chi connectivity index (χ1) is 11.5. The van der Waals surface area contributed by atoms with Gasteiger partial charge >= 0.3 is 6.03 Å². The van der Waals surface area contributed by atoms with Crippen LogP contribution in [0.15, 0.2) is 54.6 Å². The minimum Gasteiger partial charge on any atom is -0.335 e. The summed E-state index contributed by atoms with van der Waals surface area (Å²) in [4.78, 5) is 12.0. The molecule has 3 atom stereocenters. The molecule has 0 aliphatic carbocycles. The van der Waals surface area contributed by atoms with Crippen LogP contribution >= 0.6 is 0 Å². The Morgan fingerprint density at radius 3 is 2.12 bits per heavy atom. The van der Waals surface area contributed by atoms with Crippen molar-refractivity contribution in [1.82, 2.24) is 10.6 Å². The zero-order valence-corrected chi connectivity index (χ0v) is 15.1. The molecule has 0 spiro atoms. The van der Waals surface area contributed by atoms with Crippen LogP contribution in [0.25, 0.3) is 11.1 Å². The van der Waals surface area contributed by atoms with Gasteiger partial charge in [0.15, 0.2) is 0 Å². The molecule has 24 heavy (non-hydrogen) atoms. The van der Waals surface area contributed by atoms with E-state index in [1.807, 2.05) is 44.2 Å². The van der Waals surface area contributed by atoms with Gasteiger partial charge in [-0.1, -0.05) is 54.6 Å². The molecule has 128 valence electrons. The van der Waals surface area contributed by atoms with E-state index in [0.29, 0.717) is 5.75 Å². The van der Waals surface area contributed by atoms with E-state index in [4.69, 9.17) is 0 Å². The number of amides is 2. The van der Waals surface area contributed by atoms with Crippen LogP contribution < -0.4 is 10.6 Å². The second kappa shape index (κ2) is 8.64. The summed E-state index contributed by atoms with van der Waals surface area (Å²) in [5.74, 6) is 0.452. The number of carbonyl (C=O) groups excluding carboxylic acids is 1. The Labute approximate surface area is 146 Å². The molecule has 0 radical (unpaired) electrons. The zero-order chi connectivity index (χ0) is 17.5. The molecular weight excluding hydrogens is 320 g/mol. The van der Waals surface area contributed by atoms with E-state index in [9.17, 15) is 9.00 Å². The van der Waals surface area contributed by atoms with Crippen LogP contribution in [-0.4, -0.2) is 28.3 Å². The van der Waals surface area contributed by atoms with Gasteiger partial charge in [0.1, 0.15) is 0 Å². The fourth-order valence-electron chi connectivity index (χ4n) is 2.53. The Bertz CT molecular complexity index is 686. The number of carbonyl (C=O) groups is 1. The highest BCUT2D eigenvalue weighted by Crippen LogP contribution is 2.21. The Morgan fingerprint density at radius 2 is 1.54 bits per heavy atom. The van der Waals surface area contributed by atoms with Gasteiger partial charge in [0.2, 0.25) is 0 Å². The number of benzene rings is 2. The van der Waals surface area contributed by atoms with Crippen LogP contribution in [0.2, 0.25) is 0 Å². The number of hydrogen-bond donors (Lipinski definition) is 2. The summed E-state index contributed by atoms with van der Waals surface area (Å²) in [6.45, 7) is 3.79. The quantitative estimate of drug-likeness (QED) is 0.843. The molecule has 2 aromatic carbocycles. The van der Waals surface area contributed by atoms with Crippen LogP contribution in [-0.2, 0) is 10.8 Å². The van der Waals surface area contributed by atoms with Crippen molar-refractivity contribution in [1.29, 1.82) is 0 Å². The minimum atomic E-state index is -0.924. The molecule has 4 nitrogen and oxygen atoms in total. The van der Waals surface area contributed by atoms with Crippen molar-refractivity contribution in [2.24, 2.45) is 0 Å². The fraction of sp³-hybridized carbons (Fsp3) is 0.316. The molecule has 0 heterocycles. The highest BCUT2D eigenvalue weighted by atomic mass is 32.2. The van der Waals surface area contributed by atoms with Crippen molar-refractivity contribution < 1.29 is 9.00 Å². The van der Waals surface area contributed by atoms with Gasteiger partial charge in [-0.25, -0.2) is 4.79 Å². The van der Waals surface area contributed by atoms with Gasteiger partial charge in [-0.3, -0.25) is 4.21 Å². The van der Waals surface area contributed by atoms with Crippen LogP contribution in [0.3, 0.4) is 0 Å². The van der Waals surface area contributed by atoms with E-state index in [2.05, 4.69) is 34.9 Å². The van der Waals surface area contributed by atoms with E-state index in [0.717, 1.165) is 11.1 Å². The largest absolute Gasteiger partial charge is 0.335 e. The first-order valence-electron chi connectivity index (χ1n) is 7.98. The zero-order valence-electron chi connectivity index (χ0n) is 14.3. The molecule has 0 unspecified atom stereocenters. The van der Waals surface area contributed by atoms with Crippen molar-refractivity contribution in [3.05, 3.63) is 60.2 Å². The van der Waals surface area contributed by atoms with Gasteiger partial charge < -0.3 is 10.6 Å². The highest BCUT2D eigenvalue weighted by Gasteiger charge is 2.12. The van der Waals surface area contributed by atoms with Crippen molar-refractivity contribution in [3.8, 4) is 11.1 Å². The summed E-state index contributed by atoms with van der Waals surface area (Å²) in [6.07, 6.45) is 1.63. The van der Waals surface area contributed by atoms with E-state index in [-0.39, 0.29) is 18.1 Å². The lowest BCUT2D eigenvalue weighted by atomic mass is 10.0. The van der Waals surface area contributed by atoms with Crippen LogP contribution in [0, 0.1) is 0 Å². The van der Waals surface area contributed by atoms with Gasteiger partial charge in [-0.05, 0) is 30.5 Å². The molecule has 2 rings (SSSR count). The summed E-state index contributed by atoms with van der Waals surface area (Å²) in [5.41, 5.74) is 3.36. The van der Waals surface area contributed by atoms with Crippen molar-refractivity contribution in [3.63, 3.8) is 0 Å². The molecule has 0 aliphatic heterocycles. The van der Waals surface area contributed by atoms with Crippen molar-refractivity contribution in [2.75, 3.05) is 12.0 Å². The number of rotatable bonds is 6. The topological polar surface area (TPSA) is 58.2 Å². The number of hydrogen-bond acceptors (Lipinski definition) is 2. The first kappa shape index (κ1) is 18.2. The van der Waals surface area contributed by atoms with Crippen molar-refractivity contribution >= 4 is 16.8 Å².